The molecule has 98 valence electrons. The number of thioether (sulfide) groups is 1. The molecule has 19 heavy (non-hydrogen) atoms. The van der Waals surface area contributed by atoms with Crippen LogP contribution in [0, 0.1) is 11.3 Å². The van der Waals surface area contributed by atoms with Gasteiger partial charge in [0.05, 0.1) is 30.3 Å². The van der Waals surface area contributed by atoms with Crippen LogP contribution in [-0.2, 0) is 5.75 Å². The summed E-state index contributed by atoms with van der Waals surface area (Å²) >= 11 is 1.84. The summed E-state index contributed by atoms with van der Waals surface area (Å²) in [5, 5.41) is 8.68. The van der Waals surface area contributed by atoms with E-state index in [2.05, 4.69) is 6.07 Å². The van der Waals surface area contributed by atoms with Crippen LogP contribution in [0.4, 0.5) is 0 Å². The van der Waals surface area contributed by atoms with Crippen LogP contribution >= 0.6 is 11.8 Å². The summed E-state index contributed by atoms with van der Waals surface area (Å²) in [6.07, 6.45) is 2.69. The van der Waals surface area contributed by atoms with Crippen molar-refractivity contribution in [3.05, 3.63) is 54.0 Å². The fourth-order valence-electron chi connectivity index (χ4n) is 1.54. The molecule has 0 spiro atoms. The highest BCUT2D eigenvalue weighted by Crippen LogP contribution is 2.15. The predicted octanol–water partition coefficient (Wildman–Crippen LogP) is 3.85. The number of benzene rings is 1. The van der Waals surface area contributed by atoms with Gasteiger partial charge in [-0.3, -0.25) is 0 Å². The normalized spacial score (nSPS) is 10.1. The van der Waals surface area contributed by atoms with Crippen molar-refractivity contribution in [2.45, 2.75) is 12.2 Å². The van der Waals surface area contributed by atoms with Gasteiger partial charge in [-0.15, -0.1) is 0 Å². The molecule has 0 aliphatic heterocycles. The molecule has 1 aromatic heterocycles. The summed E-state index contributed by atoms with van der Waals surface area (Å²) in [6.45, 7) is 0.692. The van der Waals surface area contributed by atoms with E-state index in [9.17, 15) is 0 Å². The summed E-state index contributed by atoms with van der Waals surface area (Å²) in [5.74, 6) is 3.77. The first-order valence-electron chi connectivity index (χ1n) is 6.11. The first-order valence-corrected chi connectivity index (χ1v) is 7.27. The lowest BCUT2D eigenvalue weighted by molar-refractivity contribution is 0.318. The first-order chi connectivity index (χ1) is 9.38. The number of hydrogen-bond acceptors (Lipinski definition) is 4. The van der Waals surface area contributed by atoms with Gasteiger partial charge in [-0.1, -0.05) is 0 Å². The van der Waals surface area contributed by atoms with Crippen LogP contribution in [0.15, 0.2) is 47.1 Å². The Labute approximate surface area is 117 Å². The summed E-state index contributed by atoms with van der Waals surface area (Å²) in [5.41, 5.74) is 0.654. The van der Waals surface area contributed by atoms with Crippen LogP contribution in [0.2, 0.25) is 0 Å². The maximum atomic E-state index is 8.68. The molecule has 0 atom stereocenters. The largest absolute Gasteiger partial charge is 0.494 e. The molecule has 4 heteroatoms. The number of rotatable bonds is 7. The van der Waals surface area contributed by atoms with Crippen molar-refractivity contribution in [3.8, 4) is 11.8 Å². The summed E-state index contributed by atoms with van der Waals surface area (Å²) in [4.78, 5) is 0. The molecular weight excluding hydrogens is 258 g/mol. The molecule has 0 bridgehead atoms. The number of nitriles is 1. The van der Waals surface area contributed by atoms with E-state index in [0.29, 0.717) is 12.2 Å². The summed E-state index contributed by atoms with van der Waals surface area (Å²) in [7, 11) is 0. The summed E-state index contributed by atoms with van der Waals surface area (Å²) in [6, 6.07) is 13.2. The van der Waals surface area contributed by atoms with Crippen molar-refractivity contribution < 1.29 is 9.15 Å². The quantitative estimate of drug-likeness (QED) is 0.719. The smallest absolute Gasteiger partial charge is 0.119 e. The van der Waals surface area contributed by atoms with Gasteiger partial charge in [0.25, 0.3) is 0 Å². The van der Waals surface area contributed by atoms with Crippen molar-refractivity contribution >= 4 is 11.8 Å². The van der Waals surface area contributed by atoms with E-state index in [0.717, 1.165) is 29.4 Å². The minimum atomic E-state index is 0.654. The highest BCUT2D eigenvalue weighted by molar-refractivity contribution is 7.98. The zero-order valence-corrected chi connectivity index (χ0v) is 11.4. The molecule has 0 aliphatic carbocycles. The van der Waals surface area contributed by atoms with E-state index in [1.807, 2.05) is 36.0 Å². The van der Waals surface area contributed by atoms with Gasteiger partial charge in [0.15, 0.2) is 0 Å². The highest BCUT2D eigenvalue weighted by Gasteiger charge is 1.97. The molecule has 0 amide bonds. The second kappa shape index (κ2) is 7.55. The van der Waals surface area contributed by atoms with Gasteiger partial charge in [-0.2, -0.15) is 17.0 Å². The number of hydrogen-bond donors (Lipinski definition) is 0. The van der Waals surface area contributed by atoms with Crippen LogP contribution in [-0.4, -0.2) is 12.4 Å². The van der Waals surface area contributed by atoms with Crippen molar-refractivity contribution in [2.24, 2.45) is 0 Å². The number of ether oxygens (including phenoxy) is 1. The van der Waals surface area contributed by atoms with Crippen molar-refractivity contribution in [3.63, 3.8) is 0 Å². The highest BCUT2D eigenvalue weighted by atomic mass is 32.2. The van der Waals surface area contributed by atoms with Gasteiger partial charge in [-0.25, -0.2) is 0 Å². The molecule has 0 radical (unpaired) electrons. The van der Waals surface area contributed by atoms with Gasteiger partial charge in [0.1, 0.15) is 11.5 Å². The average molecular weight is 273 g/mol. The van der Waals surface area contributed by atoms with Gasteiger partial charge in [-0.05, 0) is 48.6 Å². The summed E-state index contributed by atoms with van der Waals surface area (Å²) < 4.78 is 10.8. The van der Waals surface area contributed by atoms with Crippen LogP contribution < -0.4 is 4.74 Å². The van der Waals surface area contributed by atoms with Gasteiger partial charge < -0.3 is 9.15 Å². The van der Waals surface area contributed by atoms with Crippen LogP contribution in [0.5, 0.6) is 5.75 Å². The Kier molecular flexibility index (Phi) is 5.39. The van der Waals surface area contributed by atoms with Crippen LogP contribution in [0.3, 0.4) is 0 Å². The van der Waals surface area contributed by atoms with E-state index < -0.39 is 0 Å². The van der Waals surface area contributed by atoms with Crippen LogP contribution in [0.1, 0.15) is 17.7 Å². The SMILES string of the molecule is N#Cc1ccc(OCCCSCc2ccco2)cc1. The zero-order valence-electron chi connectivity index (χ0n) is 10.5. The van der Waals surface area contributed by atoms with E-state index in [4.69, 9.17) is 14.4 Å². The van der Waals surface area contributed by atoms with Crippen molar-refractivity contribution in [1.29, 1.82) is 5.26 Å². The molecule has 2 aromatic rings. The fourth-order valence-corrected chi connectivity index (χ4v) is 2.38. The zero-order chi connectivity index (χ0) is 13.3. The molecule has 1 heterocycles. The third kappa shape index (κ3) is 4.72. The molecular formula is C15H15NO2S. The Balaban J connectivity index is 1.57. The number of furan rings is 1. The fraction of sp³-hybridized carbons (Fsp3) is 0.267. The minimum Gasteiger partial charge on any atom is -0.494 e. The van der Waals surface area contributed by atoms with E-state index in [-0.39, 0.29) is 0 Å². The Morgan fingerprint density at radius 3 is 2.74 bits per heavy atom. The van der Waals surface area contributed by atoms with E-state index in [1.165, 1.54) is 0 Å². The molecule has 0 N–H and O–H groups in total. The molecule has 0 unspecified atom stereocenters. The Bertz CT molecular complexity index is 514. The maximum absolute atomic E-state index is 8.68. The maximum Gasteiger partial charge on any atom is 0.119 e. The number of nitrogens with zero attached hydrogens (tertiary/aromatic N) is 1. The predicted molar refractivity (Wildman–Crippen MR) is 76.1 cm³/mol. The molecule has 0 fully saturated rings. The van der Waals surface area contributed by atoms with Crippen molar-refractivity contribution in [1.82, 2.24) is 0 Å². The second-order valence-electron chi connectivity index (χ2n) is 3.97. The van der Waals surface area contributed by atoms with Gasteiger partial charge >= 0.3 is 0 Å². The van der Waals surface area contributed by atoms with E-state index in [1.54, 1.807) is 18.4 Å². The van der Waals surface area contributed by atoms with Gasteiger partial charge in [0.2, 0.25) is 0 Å². The second-order valence-corrected chi connectivity index (χ2v) is 5.08. The standard InChI is InChI=1S/C15H15NO2S/c16-11-13-4-6-14(7-5-13)17-9-2-10-19-12-15-3-1-8-18-15/h1,3-8H,2,9-10,12H2. The molecule has 1 aromatic carbocycles. The minimum absolute atomic E-state index is 0.654. The third-order valence-corrected chi connectivity index (χ3v) is 3.58. The molecule has 0 saturated heterocycles. The van der Waals surface area contributed by atoms with Crippen LogP contribution in [0.25, 0.3) is 0 Å². The molecule has 2 rings (SSSR count). The topological polar surface area (TPSA) is 46.2 Å². The first kappa shape index (κ1) is 13.6. The molecule has 3 nitrogen and oxygen atoms in total. The lowest BCUT2D eigenvalue weighted by Crippen LogP contribution is -1.98. The Hall–Kier alpha value is -1.86. The monoisotopic (exact) mass is 273 g/mol. The average Bonchev–Trinajstić information content (AvgIpc) is 2.96. The lowest BCUT2D eigenvalue weighted by atomic mass is 10.2. The third-order valence-electron chi connectivity index (χ3n) is 2.51. The van der Waals surface area contributed by atoms with Crippen molar-refractivity contribution in [2.75, 3.05) is 12.4 Å². The molecule has 0 aliphatic rings. The molecule has 0 saturated carbocycles. The Morgan fingerprint density at radius 2 is 2.05 bits per heavy atom. The van der Waals surface area contributed by atoms with E-state index >= 15 is 0 Å². The Morgan fingerprint density at radius 1 is 1.21 bits per heavy atom. The van der Waals surface area contributed by atoms with Gasteiger partial charge in [0, 0.05) is 0 Å². The lowest BCUT2D eigenvalue weighted by Gasteiger charge is -2.05.